The largest absolute Gasteiger partial charge is 0.416 e. The lowest BCUT2D eigenvalue weighted by molar-refractivity contribution is -0.137. The van der Waals surface area contributed by atoms with Gasteiger partial charge in [0.25, 0.3) is 5.91 Å². The van der Waals surface area contributed by atoms with Crippen molar-refractivity contribution in [2.75, 3.05) is 32.1 Å². The maximum atomic E-state index is 12.9. The van der Waals surface area contributed by atoms with Crippen molar-refractivity contribution in [3.8, 4) is 0 Å². The number of likely N-dealkylation sites (tertiary alicyclic amines) is 1. The predicted molar refractivity (Wildman–Crippen MR) is 130 cm³/mol. The van der Waals surface area contributed by atoms with E-state index >= 15 is 0 Å². The van der Waals surface area contributed by atoms with Gasteiger partial charge in [0, 0.05) is 36.3 Å². The third-order valence-corrected chi connectivity index (χ3v) is 6.41. The fourth-order valence-corrected chi connectivity index (χ4v) is 4.31. The number of halogens is 5. The fraction of sp³-hybridized carbons (Fsp3) is 0.458. The number of hydrogen-bond acceptors (Lipinski definition) is 3. The highest BCUT2D eigenvalue weighted by Crippen LogP contribution is 2.42. The number of piperidine rings is 1. The van der Waals surface area contributed by atoms with Crippen LogP contribution < -0.4 is 10.2 Å². The first kappa shape index (κ1) is 27.4. The number of amides is 1. The zero-order valence-electron chi connectivity index (χ0n) is 18.6. The van der Waals surface area contributed by atoms with E-state index in [1.807, 2.05) is 24.3 Å². The summed E-state index contributed by atoms with van der Waals surface area (Å²) in [6, 6.07) is 13.4. The molecule has 4 nitrogen and oxygen atoms in total. The highest BCUT2D eigenvalue weighted by Gasteiger charge is 2.39. The maximum Gasteiger partial charge on any atom is 0.416 e. The Morgan fingerprint density at radius 2 is 1.70 bits per heavy atom. The average molecular weight is 504 g/mol. The first-order valence-electron chi connectivity index (χ1n) is 10.7. The van der Waals surface area contributed by atoms with Gasteiger partial charge < -0.3 is 15.1 Å². The second-order valence-electron chi connectivity index (χ2n) is 8.73. The number of nitrogens with one attached hydrogen (secondary N) is 1. The van der Waals surface area contributed by atoms with Crippen LogP contribution in [0.3, 0.4) is 0 Å². The van der Waals surface area contributed by atoms with Gasteiger partial charge in [-0.25, -0.2) is 0 Å². The molecular weight excluding hydrogens is 474 g/mol. The van der Waals surface area contributed by atoms with Gasteiger partial charge in [-0.3, -0.25) is 4.79 Å². The van der Waals surface area contributed by atoms with Crippen molar-refractivity contribution in [2.24, 2.45) is 0 Å². The molecule has 2 fully saturated rings. The molecule has 2 aromatic rings. The van der Waals surface area contributed by atoms with Crippen LogP contribution >= 0.6 is 24.8 Å². The SMILES string of the molecule is CN1CCC(N[C@@H]2C[C@H]2c2ccc(N(C)C(=O)c3cccc(C(F)(F)F)c3)cc2)CC1.Cl.Cl. The molecule has 1 saturated carbocycles. The molecular formula is C24H30Cl2F3N3O. The van der Waals surface area contributed by atoms with Crippen molar-refractivity contribution in [3.63, 3.8) is 0 Å². The molecule has 1 N–H and O–H groups in total. The molecule has 0 radical (unpaired) electrons. The van der Waals surface area contributed by atoms with Crippen LogP contribution in [-0.2, 0) is 6.18 Å². The van der Waals surface area contributed by atoms with E-state index in [1.54, 1.807) is 7.05 Å². The van der Waals surface area contributed by atoms with Crippen molar-refractivity contribution >= 4 is 36.4 Å². The molecule has 2 aliphatic rings. The summed E-state index contributed by atoms with van der Waals surface area (Å²) in [6.45, 7) is 2.27. The van der Waals surface area contributed by atoms with E-state index in [0.717, 1.165) is 31.6 Å². The van der Waals surface area contributed by atoms with E-state index in [9.17, 15) is 18.0 Å². The number of alkyl halides is 3. The van der Waals surface area contributed by atoms with E-state index in [-0.39, 0.29) is 30.4 Å². The smallest absolute Gasteiger partial charge is 0.311 e. The molecule has 0 unspecified atom stereocenters. The number of carbonyl (C=O) groups excluding carboxylic acids is 1. The van der Waals surface area contributed by atoms with E-state index in [4.69, 9.17) is 0 Å². The van der Waals surface area contributed by atoms with Crippen LogP contribution in [0.5, 0.6) is 0 Å². The molecule has 2 aromatic carbocycles. The maximum absolute atomic E-state index is 12.9. The monoisotopic (exact) mass is 503 g/mol. The van der Waals surface area contributed by atoms with Gasteiger partial charge >= 0.3 is 6.18 Å². The summed E-state index contributed by atoms with van der Waals surface area (Å²) in [5.74, 6) is 0.0188. The minimum atomic E-state index is -4.47. The molecule has 1 amide bonds. The molecule has 33 heavy (non-hydrogen) atoms. The first-order valence-corrected chi connectivity index (χ1v) is 10.7. The van der Waals surface area contributed by atoms with Gasteiger partial charge in [0.2, 0.25) is 0 Å². The molecule has 1 aliphatic carbocycles. The van der Waals surface area contributed by atoms with Gasteiger partial charge in [-0.1, -0.05) is 18.2 Å². The Labute approximate surface area is 205 Å². The highest BCUT2D eigenvalue weighted by atomic mass is 35.5. The average Bonchev–Trinajstić information content (AvgIpc) is 3.53. The second-order valence-corrected chi connectivity index (χ2v) is 8.73. The van der Waals surface area contributed by atoms with Crippen molar-refractivity contribution in [1.29, 1.82) is 0 Å². The molecule has 1 heterocycles. The van der Waals surface area contributed by atoms with E-state index in [0.29, 0.717) is 23.7 Å². The Kier molecular flexibility index (Phi) is 9.22. The summed E-state index contributed by atoms with van der Waals surface area (Å²) in [7, 11) is 3.74. The van der Waals surface area contributed by atoms with Gasteiger partial charge in [0.15, 0.2) is 0 Å². The molecule has 0 bridgehead atoms. The van der Waals surface area contributed by atoms with Gasteiger partial charge in [0.05, 0.1) is 5.56 Å². The zero-order valence-corrected chi connectivity index (χ0v) is 20.3. The fourth-order valence-electron chi connectivity index (χ4n) is 4.31. The standard InChI is InChI=1S/C24H28F3N3O.2ClH/c1-29-12-10-19(11-13-29)28-22-15-21(22)16-6-8-20(9-7-16)30(2)23(31)17-4-3-5-18(14-17)24(25,26)27;;/h3-9,14,19,21-22,28H,10-13,15H2,1-2H3;2*1H/t21-,22+;;/m0../s1. The van der Waals surface area contributed by atoms with Crippen molar-refractivity contribution < 1.29 is 18.0 Å². The van der Waals surface area contributed by atoms with Crippen LogP contribution in [0.4, 0.5) is 18.9 Å². The Morgan fingerprint density at radius 3 is 2.30 bits per heavy atom. The predicted octanol–water partition coefficient (Wildman–Crippen LogP) is 5.37. The van der Waals surface area contributed by atoms with Crippen LogP contribution in [0, 0.1) is 0 Å². The zero-order chi connectivity index (χ0) is 22.2. The van der Waals surface area contributed by atoms with Gasteiger partial charge in [-0.15, -0.1) is 24.8 Å². The molecule has 4 rings (SSSR count). The normalized spacial score (nSPS) is 21.0. The second kappa shape index (κ2) is 11.1. The van der Waals surface area contributed by atoms with E-state index < -0.39 is 17.6 Å². The van der Waals surface area contributed by atoms with Crippen LogP contribution in [-0.4, -0.2) is 50.1 Å². The minimum Gasteiger partial charge on any atom is -0.311 e. The van der Waals surface area contributed by atoms with Gasteiger partial charge in [-0.05, 0) is 75.3 Å². The third-order valence-electron chi connectivity index (χ3n) is 6.41. The molecule has 0 aromatic heterocycles. The van der Waals surface area contributed by atoms with Crippen LogP contribution in [0.2, 0.25) is 0 Å². The number of benzene rings is 2. The van der Waals surface area contributed by atoms with Gasteiger partial charge in [-0.2, -0.15) is 13.2 Å². The Bertz CT molecular complexity index is 931. The summed E-state index contributed by atoms with van der Waals surface area (Å²) < 4.78 is 38.8. The topological polar surface area (TPSA) is 35.6 Å². The molecule has 1 saturated heterocycles. The summed E-state index contributed by atoms with van der Waals surface area (Å²) in [4.78, 5) is 16.4. The molecule has 0 spiro atoms. The lowest BCUT2D eigenvalue weighted by Crippen LogP contribution is -2.42. The van der Waals surface area contributed by atoms with Crippen molar-refractivity contribution in [1.82, 2.24) is 10.2 Å². The highest BCUT2D eigenvalue weighted by molar-refractivity contribution is 6.05. The quantitative estimate of drug-likeness (QED) is 0.595. The minimum absolute atomic E-state index is 0. The number of hydrogen-bond donors (Lipinski definition) is 1. The van der Waals surface area contributed by atoms with Crippen molar-refractivity contribution in [3.05, 3.63) is 65.2 Å². The van der Waals surface area contributed by atoms with Crippen molar-refractivity contribution in [2.45, 2.75) is 43.4 Å². The number of anilines is 1. The van der Waals surface area contributed by atoms with E-state index in [2.05, 4.69) is 17.3 Å². The number of nitrogens with zero attached hydrogens (tertiary/aromatic N) is 2. The lowest BCUT2D eigenvalue weighted by Gasteiger charge is -2.29. The third kappa shape index (κ3) is 6.63. The number of carbonyl (C=O) groups is 1. The molecule has 2 atom stereocenters. The first-order chi connectivity index (χ1) is 14.7. The summed E-state index contributed by atoms with van der Waals surface area (Å²) in [6.07, 6.45) is -0.994. The summed E-state index contributed by atoms with van der Waals surface area (Å²) >= 11 is 0. The number of rotatable bonds is 5. The van der Waals surface area contributed by atoms with Crippen LogP contribution in [0.1, 0.15) is 46.7 Å². The Hall–Kier alpha value is -1.80. The lowest BCUT2D eigenvalue weighted by atomic mass is 10.0. The molecule has 9 heteroatoms. The Morgan fingerprint density at radius 1 is 1.06 bits per heavy atom. The summed E-state index contributed by atoms with van der Waals surface area (Å²) in [5, 5.41) is 3.77. The summed E-state index contributed by atoms with van der Waals surface area (Å²) in [5.41, 5.74) is 1.09. The van der Waals surface area contributed by atoms with E-state index in [1.165, 1.54) is 35.4 Å². The Balaban J connectivity index is 0.00000193. The van der Waals surface area contributed by atoms with Crippen LogP contribution in [0.15, 0.2) is 48.5 Å². The molecule has 182 valence electrons. The van der Waals surface area contributed by atoms with Crippen LogP contribution in [0.25, 0.3) is 0 Å². The molecule has 1 aliphatic heterocycles. The van der Waals surface area contributed by atoms with Gasteiger partial charge in [0.1, 0.15) is 0 Å².